The molecule has 110 valence electrons. The Hall–Kier alpha value is -2.34. The average Bonchev–Trinajstić information content (AvgIpc) is 2.92. The molecule has 1 aromatic heterocycles. The molecular weight excluding hydrogens is 290 g/mol. The first kappa shape index (κ1) is 15.1. The molecule has 2 rings (SSSR count). The third-order valence-corrected chi connectivity index (χ3v) is 3.60. The standard InChI is InChI=1S/C15H15NO4S/c1-10(17)16-12-4-3-5-13(8-12)20-9-11-6-7-21-14(11)15(18)19-2/h3-8H,9H2,1-2H3,(H,16,17). The molecule has 0 aliphatic carbocycles. The van der Waals surface area contributed by atoms with Crippen LogP contribution in [0.15, 0.2) is 35.7 Å². The summed E-state index contributed by atoms with van der Waals surface area (Å²) in [5, 5.41) is 4.50. The van der Waals surface area contributed by atoms with Crippen LogP contribution < -0.4 is 10.1 Å². The zero-order valence-corrected chi connectivity index (χ0v) is 12.5. The summed E-state index contributed by atoms with van der Waals surface area (Å²) in [6.07, 6.45) is 0. The summed E-state index contributed by atoms with van der Waals surface area (Å²) in [4.78, 5) is 23.1. The fourth-order valence-electron chi connectivity index (χ4n) is 1.75. The zero-order valence-electron chi connectivity index (χ0n) is 11.7. The van der Waals surface area contributed by atoms with Crippen molar-refractivity contribution in [1.82, 2.24) is 0 Å². The van der Waals surface area contributed by atoms with Gasteiger partial charge in [-0.1, -0.05) is 6.07 Å². The molecule has 0 fully saturated rings. The molecule has 0 radical (unpaired) electrons. The molecule has 0 atom stereocenters. The van der Waals surface area contributed by atoms with Gasteiger partial charge in [0.15, 0.2) is 0 Å². The lowest BCUT2D eigenvalue weighted by atomic mass is 10.2. The minimum atomic E-state index is -0.365. The van der Waals surface area contributed by atoms with Crippen LogP contribution in [-0.4, -0.2) is 19.0 Å². The van der Waals surface area contributed by atoms with Crippen molar-refractivity contribution in [3.8, 4) is 5.75 Å². The highest BCUT2D eigenvalue weighted by atomic mass is 32.1. The first-order valence-electron chi connectivity index (χ1n) is 6.25. The number of carbonyl (C=O) groups is 2. The zero-order chi connectivity index (χ0) is 15.2. The lowest BCUT2D eigenvalue weighted by Crippen LogP contribution is -2.06. The minimum absolute atomic E-state index is 0.141. The predicted molar refractivity (Wildman–Crippen MR) is 80.7 cm³/mol. The van der Waals surface area contributed by atoms with Crippen LogP contribution in [0.1, 0.15) is 22.2 Å². The Morgan fingerprint density at radius 3 is 2.81 bits per heavy atom. The van der Waals surface area contributed by atoms with E-state index in [1.807, 2.05) is 11.4 Å². The number of carbonyl (C=O) groups excluding carboxylic acids is 2. The molecule has 1 aromatic carbocycles. The van der Waals surface area contributed by atoms with Gasteiger partial charge in [0.2, 0.25) is 5.91 Å². The largest absolute Gasteiger partial charge is 0.489 e. The quantitative estimate of drug-likeness (QED) is 0.862. The summed E-state index contributed by atoms with van der Waals surface area (Å²) in [6.45, 7) is 1.71. The normalized spacial score (nSPS) is 10.0. The van der Waals surface area contributed by atoms with Crippen LogP contribution in [0.4, 0.5) is 5.69 Å². The van der Waals surface area contributed by atoms with E-state index < -0.39 is 0 Å². The van der Waals surface area contributed by atoms with Gasteiger partial charge in [-0.15, -0.1) is 11.3 Å². The van der Waals surface area contributed by atoms with Gasteiger partial charge in [-0.05, 0) is 23.6 Å². The Balaban J connectivity index is 2.05. The summed E-state index contributed by atoms with van der Waals surface area (Å²) in [5.41, 5.74) is 1.44. The highest BCUT2D eigenvalue weighted by molar-refractivity contribution is 7.12. The van der Waals surface area contributed by atoms with E-state index in [1.54, 1.807) is 24.3 Å². The Bertz CT molecular complexity index is 651. The molecule has 0 bridgehead atoms. The molecular formula is C15H15NO4S. The van der Waals surface area contributed by atoms with Gasteiger partial charge in [-0.2, -0.15) is 0 Å². The fourth-order valence-corrected chi connectivity index (χ4v) is 2.58. The topological polar surface area (TPSA) is 64.6 Å². The Morgan fingerprint density at radius 2 is 2.10 bits per heavy atom. The minimum Gasteiger partial charge on any atom is -0.489 e. The van der Waals surface area contributed by atoms with E-state index in [2.05, 4.69) is 5.32 Å². The van der Waals surface area contributed by atoms with E-state index in [1.165, 1.54) is 25.4 Å². The number of methoxy groups -OCH3 is 1. The van der Waals surface area contributed by atoms with Gasteiger partial charge in [0.25, 0.3) is 0 Å². The van der Waals surface area contributed by atoms with Crippen molar-refractivity contribution in [1.29, 1.82) is 0 Å². The van der Waals surface area contributed by atoms with E-state index in [-0.39, 0.29) is 18.5 Å². The van der Waals surface area contributed by atoms with E-state index in [9.17, 15) is 9.59 Å². The fraction of sp³-hybridized carbons (Fsp3) is 0.200. The lowest BCUT2D eigenvalue weighted by molar-refractivity contribution is -0.114. The van der Waals surface area contributed by atoms with E-state index in [0.29, 0.717) is 16.3 Å². The van der Waals surface area contributed by atoms with Crippen LogP contribution in [-0.2, 0) is 16.1 Å². The molecule has 5 nitrogen and oxygen atoms in total. The maximum atomic E-state index is 11.6. The van der Waals surface area contributed by atoms with Crippen LogP contribution in [0, 0.1) is 0 Å². The maximum absolute atomic E-state index is 11.6. The SMILES string of the molecule is COC(=O)c1sccc1COc1cccc(NC(C)=O)c1. The smallest absolute Gasteiger partial charge is 0.348 e. The molecule has 1 amide bonds. The molecule has 6 heteroatoms. The van der Waals surface area contributed by atoms with Crippen molar-refractivity contribution in [3.63, 3.8) is 0 Å². The number of anilines is 1. The second-order valence-corrected chi connectivity index (χ2v) is 5.18. The number of hydrogen-bond donors (Lipinski definition) is 1. The van der Waals surface area contributed by atoms with Crippen LogP contribution in [0.25, 0.3) is 0 Å². The van der Waals surface area contributed by atoms with E-state index in [0.717, 1.165) is 5.56 Å². The van der Waals surface area contributed by atoms with Crippen molar-refractivity contribution < 1.29 is 19.1 Å². The van der Waals surface area contributed by atoms with Crippen LogP contribution in [0.3, 0.4) is 0 Å². The molecule has 0 saturated carbocycles. The summed E-state index contributed by atoms with van der Waals surface area (Å²) >= 11 is 1.32. The van der Waals surface area contributed by atoms with Gasteiger partial charge in [0.1, 0.15) is 17.2 Å². The van der Waals surface area contributed by atoms with Gasteiger partial charge in [0.05, 0.1) is 7.11 Å². The predicted octanol–water partition coefficient (Wildman–Crippen LogP) is 3.07. The number of thiophene rings is 1. The first-order chi connectivity index (χ1) is 10.1. The number of nitrogens with one attached hydrogen (secondary N) is 1. The molecule has 21 heavy (non-hydrogen) atoms. The van der Waals surface area contributed by atoms with Crippen LogP contribution >= 0.6 is 11.3 Å². The van der Waals surface area contributed by atoms with Crippen LogP contribution in [0.2, 0.25) is 0 Å². The Labute approximate surface area is 126 Å². The second-order valence-electron chi connectivity index (χ2n) is 4.26. The molecule has 0 aliphatic heterocycles. The average molecular weight is 305 g/mol. The lowest BCUT2D eigenvalue weighted by Gasteiger charge is -2.08. The summed E-state index contributed by atoms with van der Waals surface area (Å²) in [7, 11) is 1.35. The van der Waals surface area contributed by atoms with E-state index in [4.69, 9.17) is 9.47 Å². The molecule has 0 saturated heterocycles. The Kier molecular flexibility index (Phi) is 4.94. The molecule has 2 aromatic rings. The van der Waals surface area contributed by atoms with Crippen molar-refractivity contribution in [2.45, 2.75) is 13.5 Å². The second kappa shape index (κ2) is 6.90. The van der Waals surface area contributed by atoms with Gasteiger partial charge >= 0.3 is 5.97 Å². The monoisotopic (exact) mass is 305 g/mol. The number of amides is 1. The Morgan fingerprint density at radius 1 is 1.29 bits per heavy atom. The van der Waals surface area contributed by atoms with Gasteiger partial charge in [0, 0.05) is 24.2 Å². The maximum Gasteiger partial charge on any atom is 0.348 e. The highest BCUT2D eigenvalue weighted by Crippen LogP contribution is 2.22. The molecule has 0 aliphatic rings. The summed E-state index contributed by atoms with van der Waals surface area (Å²) < 4.78 is 10.4. The first-order valence-corrected chi connectivity index (χ1v) is 7.13. The number of hydrogen-bond acceptors (Lipinski definition) is 5. The number of ether oxygens (including phenoxy) is 2. The molecule has 0 spiro atoms. The van der Waals surface area contributed by atoms with Crippen LogP contribution in [0.5, 0.6) is 5.75 Å². The van der Waals surface area contributed by atoms with Gasteiger partial charge in [-0.25, -0.2) is 4.79 Å². The summed E-state index contributed by atoms with van der Waals surface area (Å²) in [5.74, 6) is 0.108. The molecule has 1 heterocycles. The van der Waals surface area contributed by atoms with E-state index >= 15 is 0 Å². The molecule has 0 unspecified atom stereocenters. The van der Waals surface area contributed by atoms with Gasteiger partial charge < -0.3 is 14.8 Å². The number of esters is 1. The van der Waals surface area contributed by atoms with Gasteiger partial charge in [-0.3, -0.25) is 4.79 Å². The van der Waals surface area contributed by atoms with Crippen molar-refractivity contribution in [2.24, 2.45) is 0 Å². The third-order valence-electron chi connectivity index (χ3n) is 2.67. The van der Waals surface area contributed by atoms with Crippen molar-refractivity contribution in [3.05, 3.63) is 46.2 Å². The summed E-state index contributed by atoms with van der Waals surface area (Å²) in [6, 6.07) is 8.91. The van der Waals surface area contributed by atoms with Crippen molar-refractivity contribution in [2.75, 3.05) is 12.4 Å². The molecule has 1 N–H and O–H groups in total. The number of benzene rings is 1. The highest BCUT2D eigenvalue weighted by Gasteiger charge is 2.13. The van der Waals surface area contributed by atoms with Crippen molar-refractivity contribution >= 4 is 28.9 Å². The number of rotatable bonds is 5. The third kappa shape index (κ3) is 4.06.